The molecular formula is C66H49N. The van der Waals surface area contributed by atoms with Crippen LogP contribution in [-0.2, 0) is 5.41 Å². The summed E-state index contributed by atoms with van der Waals surface area (Å²) >= 11 is 0. The van der Waals surface area contributed by atoms with Crippen LogP contribution in [0.5, 0.6) is 0 Å². The van der Waals surface area contributed by atoms with Gasteiger partial charge in [-0.1, -0.05) is 212 Å². The molecule has 1 nitrogen and oxygen atoms in total. The molecule has 0 spiro atoms. The van der Waals surface area contributed by atoms with Crippen LogP contribution in [0, 0.1) is 0 Å². The van der Waals surface area contributed by atoms with Crippen LogP contribution in [0.1, 0.15) is 36.5 Å². The predicted molar refractivity (Wildman–Crippen MR) is 284 cm³/mol. The Balaban J connectivity index is 0.971. The van der Waals surface area contributed by atoms with Gasteiger partial charge in [0.15, 0.2) is 0 Å². The fourth-order valence-electron chi connectivity index (χ4n) is 10.9. The standard InChI is InChI=1S/C66H49N/c1-66(64-26-14-11-23-60(64)61-24-12-15-27-65(61)66)63-25-13-10-22-59(63)52-36-40-56(41-37-52)67(55-38-34-49(35-39-55)54-33-30-47-18-8-9-21-53(47)44-54)57-42-43-58(62(45-57)50-19-6-3-7-20-50)51-31-28-48(29-32-51)46-16-4-2-5-17-46/h2-14,16-26,28-45H,15,27H2,1H3. The smallest absolute Gasteiger partial charge is 0.0468 e. The van der Waals surface area contributed by atoms with Crippen molar-refractivity contribution in [3.8, 4) is 55.6 Å². The van der Waals surface area contributed by atoms with Crippen molar-refractivity contribution in [2.75, 3.05) is 4.90 Å². The van der Waals surface area contributed by atoms with Gasteiger partial charge < -0.3 is 4.90 Å². The Labute approximate surface area is 394 Å². The third-order valence-electron chi connectivity index (χ3n) is 14.3. The summed E-state index contributed by atoms with van der Waals surface area (Å²) in [6.07, 6.45) is 6.85. The summed E-state index contributed by atoms with van der Waals surface area (Å²) < 4.78 is 0. The number of allylic oxidation sites excluding steroid dienone is 4. The van der Waals surface area contributed by atoms with E-state index < -0.39 is 0 Å². The van der Waals surface area contributed by atoms with Crippen LogP contribution < -0.4 is 4.90 Å². The maximum Gasteiger partial charge on any atom is 0.0468 e. The van der Waals surface area contributed by atoms with Crippen molar-refractivity contribution in [1.82, 2.24) is 0 Å². The molecule has 318 valence electrons. The molecule has 0 fully saturated rings. The van der Waals surface area contributed by atoms with Gasteiger partial charge in [0.05, 0.1) is 0 Å². The molecule has 10 aromatic rings. The second-order valence-electron chi connectivity index (χ2n) is 18.1. The average Bonchev–Trinajstić information content (AvgIpc) is 3.67. The minimum absolute atomic E-state index is 0.220. The summed E-state index contributed by atoms with van der Waals surface area (Å²) in [5.41, 5.74) is 22.2. The Morgan fingerprint density at radius 1 is 0.343 bits per heavy atom. The van der Waals surface area contributed by atoms with E-state index in [0.29, 0.717) is 0 Å². The summed E-state index contributed by atoms with van der Waals surface area (Å²) in [6.45, 7) is 2.45. The van der Waals surface area contributed by atoms with E-state index in [-0.39, 0.29) is 5.41 Å². The van der Waals surface area contributed by atoms with Crippen LogP contribution in [0.3, 0.4) is 0 Å². The molecule has 0 radical (unpaired) electrons. The lowest BCUT2D eigenvalue weighted by atomic mass is 9.69. The molecule has 1 atom stereocenters. The third-order valence-corrected chi connectivity index (χ3v) is 14.3. The van der Waals surface area contributed by atoms with Crippen molar-refractivity contribution in [3.63, 3.8) is 0 Å². The second kappa shape index (κ2) is 16.9. The summed E-state index contributed by atoms with van der Waals surface area (Å²) in [7, 11) is 0. The molecule has 0 saturated carbocycles. The number of fused-ring (bicyclic) bond motifs is 3. The van der Waals surface area contributed by atoms with Crippen molar-refractivity contribution in [2.45, 2.75) is 25.2 Å². The first-order valence-corrected chi connectivity index (χ1v) is 23.5. The zero-order valence-electron chi connectivity index (χ0n) is 37.6. The van der Waals surface area contributed by atoms with Gasteiger partial charge in [-0.25, -0.2) is 0 Å². The van der Waals surface area contributed by atoms with Gasteiger partial charge in [-0.3, -0.25) is 0 Å². The lowest BCUT2D eigenvalue weighted by molar-refractivity contribution is 0.654. The van der Waals surface area contributed by atoms with Gasteiger partial charge >= 0.3 is 0 Å². The lowest BCUT2D eigenvalue weighted by Crippen LogP contribution is -2.25. The number of benzene rings is 10. The maximum absolute atomic E-state index is 2.45. The van der Waals surface area contributed by atoms with Gasteiger partial charge in [0, 0.05) is 22.5 Å². The minimum atomic E-state index is -0.220. The highest BCUT2D eigenvalue weighted by Gasteiger charge is 2.43. The zero-order chi connectivity index (χ0) is 44.7. The summed E-state index contributed by atoms with van der Waals surface area (Å²) in [5, 5.41) is 2.49. The molecule has 0 aromatic heterocycles. The fourth-order valence-corrected chi connectivity index (χ4v) is 10.9. The third kappa shape index (κ3) is 7.21. The Morgan fingerprint density at radius 3 is 1.54 bits per heavy atom. The SMILES string of the molecule is CC1(c2ccccc2-c2ccc(N(c3ccc(-c4ccc5ccccc5c4)cc3)c3ccc(-c4ccc(-c5ccccc5)cc4)c(-c4ccccc4)c3)cc2)C2=C(C=CCC2)c2ccccc21. The lowest BCUT2D eigenvalue weighted by Gasteiger charge is -2.33. The number of hydrogen-bond acceptors (Lipinski definition) is 1. The van der Waals surface area contributed by atoms with E-state index in [4.69, 9.17) is 0 Å². The first-order chi connectivity index (χ1) is 33.1. The van der Waals surface area contributed by atoms with Gasteiger partial charge in [0.2, 0.25) is 0 Å². The molecular weight excluding hydrogens is 807 g/mol. The van der Waals surface area contributed by atoms with E-state index in [1.165, 1.54) is 94.2 Å². The molecule has 1 unspecified atom stereocenters. The molecule has 0 bridgehead atoms. The molecule has 2 aliphatic carbocycles. The topological polar surface area (TPSA) is 3.24 Å². The molecule has 67 heavy (non-hydrogen) atoms. The molecule has 0 amide bonds. The minimum Gasteiger partial charge on any atom is -0.310 e. The highest BCUT2D eigenvalue weighted by Crippen LogP contribution is 2.55. The number of hydrogen-bond donors (Lipinski definition) is 0. The van der Waals surface area contributed by atoms with E-state index in [1.807, 2.05) is 0 Å². The molecule has 0 N–H and O–H groups in total. The number of nitrogens with zero attached hydrogens (tertiary/aromatic N) is 1. The number of rotatable bonds is 9. The van der Waals surface area contributed by atoms with Gasteiger partial charge in [-0.15, -0.1) is 0 Å². The van der Waals surface area contributed by atoms with Crippen LogP contribution in [0.2, 0.25) is 0 Å². The molecule has 0 saturated heterocycles. The zero-order valence-corrected chi connectivity index (χ0v) is 37.6. The van der Waals surface area contributed by atoms with E-state index in [2.05, 4.69) is 267 Å². The van der Waals surface area contributed by atoms with Crippen molar-refractivity contribution in [3.05, 3.63) is 277 Å². The average molecular weight is 856 g/mol. The Morgan fingerprint density at radius 2 is 0.821 bits per heavy atom. The molecule has 2 aliphatic rings. The molecule has 12 rings (SSSR count). The summed E-state index contributed by atoms with van der Waals surface area (Å²) in [4.78, 5) is 2.41. The van der Waals surface area contributed by atoms with Crippen molar-refractivity contribution in [2.24, 2.45) is 0 Å². The Hall–Kier alpha value is -8.26. The molecule has 0 heterocycles. The highest BCUT2D eigenvalue weighted by atomic mass is 15.1. The van der Waals surface area contributed by atoms with E-state index in [0.717, 1.165) is 29.9 Å². The van der Waals surface area contributed by atoms with Crippen LogP contribution in [-0.4, -0.2) is 0 Å². The maximum atomic E-state index is 2.45. The molecule has 0 aliphatic heterocycles. The van der Waals surface area contributed by atoms with Crippen LogP contribution in [0.4, 0.5) is 17.1 Å². The quantitative estimate of drug-likeness (QED) is 0.140. The van der Waals surface area contributed by atoms with Crippen LogP contribution >= 0.6 is 0 Å². The van der Waals surface area contributed by atoms with Crippen molar-refractivity contribution >= 4 is 33.4 Å². The second-order valence-corrected chi connectivity index (χ2v) is 18.1. The Bertz CT molecular complexity index is 3490. The highest BCUT2D eigenvalue weighted by molar-refractivity contribution is 5.93. The largest absolute Gasteiger partial charge is 0.310 e. The van der Waals surface area contributed by atoms with Gasteiger partial charge in [-0.2, -0.15) is 0 Å². The first kappa shape index (κ1) is 40.3. The monoisotopic (exact) mass is 855 g/mol. The van der Waals surface area contributed by atoms with Crippen LogP contribution in [0.15, 0.2) is 260 Å². The van der Waals surface area contributed by atoms with Gasteiger partial charge in [0.1, 0.15) is 0 Å². The normalized spacial score (nSPS) is 15.1. The summed E-state index contributed by atoms with van der Waals surface area (Å²) in [5.74, 6) is 0. The van der Waals surface area contributed by atoms with Gasteiger partial charge in [-0.05, 0) is 156 Å². The first-order valence-electron chi connectivity index (χ1n) is 23.5. The van der Waals surface area contributed by atoms with E-state index in [1.54, 1.807) is 0 Å². The predicted octanol–water partition coefficient (Wildman–Crippen LogP) is 18.1. The van der Waals surface area contributed by atoms with E-state index >= 15 is 0 Å². The Kier molecular flexibility index (Phi) is 10.2. The van der Waals surface area contributed by atoms with Crippen LogP contribution in [0.25, 0.3) is 72.0 Å². The fraction of sp³-hybridized carbons (Fsp3) is 0.0606. The molecule has 10 aromatic carbocycles. The number of anilines is 3. The van der Waals surface area contributed by atoms with Crippen molar-refractivity contribution in [1.29, 1.82) is 0 Å². The van der Waals surface area contributed by atoms with E-state index in [9.17, 15) is 0 Å². The van der Waals surface area contributed by atoms with Crippen molar-refractivity contribution < 1.29 is 0 Å². The van der Waals surface area contributed by atoms with Gasteiger partial charge in [0.25, 0.3) is 0 Å². The summed E-state index contributed by atoms with van der Waals surface area (Å²) in [6, 6.07) is 89.2. The molecule has 1 heteroatoms.